The third-order valence-corrected chi connectivity index (χ3v) is 12.6. The number of hydrogen-bond donors (Lipinski definition) is 0. The van der Waals surface area contributed by atoms with Gasteiger partial charge in [-0.3, -0.25) is 19.2 Å². The normalized spacial score (nSPS) is 13.4. The summed E-state index contributed by atoms with van der Waals surface area (Å²) in [5.41, 5.74) is 3.00. The molecule has 12 heteroatoms. The first-order valence-corrected chi connectivity index (χ1v) is 21.0. The van der Waals surface area contributed by atoms with Gasteiger partial charge >= 0.3 is 0 Å². The second kappa shape index (κ2) is 15.0. The highest BCUT2D eigenvalue weighted by Gasteiger charge is 2.41. The lowest BCUT2D eigenvalue weighted by Gasteiger charge is -2.32. The van der Waals surface area contributed by atoms with Crippen LogP contribution in [-0.4, -0.2) is 52.1 Å². The van der Waals surface area contributed by atoms with Crippen molar-refractivity contribution in [3.8, 4) is 46.0 Å². The lowest BCUT2D eigenvalue weighted by Crippen LogP contribution is -2.41. The first-order chi connectivity index (χ1) is 32.1. The van der Waals surface area contributed by atoms with Crippen molar-refractivity contribution in [2.75, 3.05) is 38.2 Å². The van der Waals surface area contributed by atoms with Gasteiger partial charge in [-0.05, 0) is 121 Å². The van der Waals surface area contributed by atoms with Crippen LogP contribution in [0.4, 0.5) is 11.4 Å². The van der Waals surface area contributed by atoms with E-state index in [0.717, 1.165) is 9.80 Å². The molecule has 2 aliphatic rings. The quantitative estimate of drug-likeness (QED) is 0.0743. The highest BCUT2D eigenvalue weighted by atomic mass is 16.5. The van der Waals surface area contributed by atoms with Crippen molar-refractivity contribution in [3.05, 3.63) is 155 Å². The zero-order valence-electron chi connectivity index (χ0n) is 36.5. The molecule has 0 atom stereocenters. The summed E-state index contributed by atoms with van der Waals surface area (Å²) in [6, 6.07) is 35.2. The number of anilines is 2. The van der Waals surface area contributed by atoms with Crippen molar-refractivity contribution in [2.45, 2.75) is 13.8 Å². The van der Waals surface area contributed by atoms with Crippen molar-refractivity contribution in [1.82, 2.24) is 0 Å². The fourth-order valence-corrected chi connectivity index (χ4v) is 9.67. The van der Waals surface area contributed by atoms with E-state index in [-0.39, 0.29) is 22.3 Å². The van der Waals surface area contributed by atoms with Gasteiger partial charge in [-0.2, -0.15) is 0 Å². The molecule has 0 bridgehead atoms. The summed E-state index contributed by atoms with van der Waals surface area (Å²) in [5, 5.41) is 4.25. The number of amides is 4. The topological polar surface area (TPSA) is 130 Å². The summed E-state index contributed by atoms with van der Waals surface area (Å²) in [6.45, 7) is 3.63. The molecule has 0 aromatic heterocycles. The first kappa shape index (κ1) is 40.2. The molecule has 324 valence electrons. The Bertz CT molecular complexity index is 3340. The van der Waals surface area contributed by atoms with Crippen LogP contribution in [0.25, 0.3) is 43.1 Å². The van der Waals surface area contributed by atoms with E-state index in [1.807, 2.05) is 38.1 Å². The van der Waals surface area contributed by atoms with Crippen molar-refractivity contribution in [3.63, 3.8) is 0 Å². The monoisotopic (exact) mass is 874 g/mol. The Kier molecular flexibility index (Phi) is 9.12. The van der Waals surface area contributed by atoms with E-state index >= 15 is 9.59 Å². The summed E-state index contributed by atoms with van der Waals surface area (Å²) >= 11 is 0. The molecule has 0 saturated carbocycles. The van der Waals surface area contributed by atoms with E-state index < -0.39 is 23.6 Å². The van der Waals surface area contributed by atoms with Gasteiger partial charge < -0.3 is 28.4 Å². The Hall–Kier alpha value is -8.64. The van der Waals surface area contributed by atoms with Crippen molar-refractivity contribution in [1.29, 1.82) is 0 Å². The number of nitrogens with zero attached hydrogens (tertiary/aromatic N) is 2. The molecule has 0 saturated heterocycles. The molecule has 2 heterocycles. The molecule has 9 aromatic carbocycles. The van der Waals surface area contributed by atoms with Gasteiger partial charge in [0.05, 0.1) is 50.9 Å². The van der Waals surface area contributed by atoms with Gasteiger partial charge in [0.1, 0.15) is 46.0 Å². The Morgan fingerprint density at radius 2 is 0.712 bits per heavy atom. The van der Waals surface area contributed by atoms with E-state index in [2.05, 4.69) is 0 Å². The van der Waals surface area contributed by atoms with Gasteiger partial charge in [-0.15, -0.1) is 0 Å². The van der Waals surface area contributed by atoms with Crippen LogP contribution in [0.2, 0.25) is 0 Å². The van der Waals surface area contributed by atoms with Crippen LogP contribution in [0.5, 0.6) is 46.0 Å². The standard InChI is InChI=1S/C54H38N2O10/c1-27-9-7-11-39(63-5)49(27)55-51(57)35-23-21-33-46-42(66-32-19-15-30(62-4)16-20-32)26-38-44-36(52(58)56(54(38)60)50-28(2)10-8-12-40(50)64-6)24-22-34(48(44)46)45-41(25-37(53(55)59)43(35)47(33)45)65-31-17-13-29(61-3)14-18-31/h7-26H,1-6H3. The second-order valence-electron chi connectivity index (χ2n) is 16.1. The van der Waals surface area contributed by atoms with Crippen molar-refractivity contribution < 1.29 is 47.6 Å². The van der Waals surface area contributed by atoms with Crippen LogP contribution in [0.15, 0.2) is 121 Å². The summed E-state index contributed by atoms with van der Waals surface area (Å²) in [4.78, 5) is 62.4. The Balaban J connectivity index is 1.27. The van der Waals surface area contributed by atoms with Crippen LogP contribution in [0, 0.1) is 13.8 Å². The maximum atomic E-state index is 15.1. The molecule has 0 radical (unpaired) electrons. The summed E-state index contributed by atoms with van der Waals surface area (Å²) < 4.78 is 35.9. The minimum Gasteiger partial charge on any atom is -0.497 e. The number of ether oxygens (including phenoxy) is 6. The molecule has 0 spiro atoms. The molecule has 12 nitrogen and oxygen atoms in total. The maximum Gasteiger partial charge on any atom is 0.266 e. The van der Waals surface area contributed by atoms with Gasteiger partial charge in [0.2, 0.25) is 0 Å². The lowest BCUT2D eigenvalue weighted by molar-refractivity contribution is 0.0876. The van der Waals surface area contributed by atoms with Crippen LogP contribution in [-0.2, 0) is 0 Å². The predicted octanol–water partition coefficient (Wildman–Crippen LogP) is 11.6. The minimum atomic E-state index is -0.572. The molecule has 0 unspecified atom stereocenters. The number of carbonyl (C=O) groups is 4. The smallest absolute Gasteiger partial charge is 0.266 e. The second-order valence-corrected chi connectivity index (χ2v) is 16.1. The lowest BCUT2D eigenvalue weighted by atomic mass is 9.81. The van der Waals surface area contributed by atoms with Crippen LogP contribution in [0.1, 0.15) is 52.6 Å². The van der Waals surface area contributed by atoms with E-state index in [4.69, 9.17) is 28.4 Å². The number of benzene rings is 9. The number of imide groups is 2. The SMILES string of the molecule is COc1ccc(Oc2cc3c4c(ccc5c6c(Oc7ccc(OC)cc7)cc7c8c(ccc(c2c45)c86)C(=O)N(c2c(C)cccc2OC)C7=O)C(=O)N(c2c(C)cccc2OC)C3=O)cc1. The minimum absolute atomic E-state index is 0.221. The predicted molar refractivity (Wildman–Crippen MR) is 252 cm³/mol. The third-order valence-electron chi connectivity index (χ3n) is 12.6. The third kappa shape index (κ3) is 5.70. The molecule has 0 N–H and O–H groups in total. The van der Waals surface area contributed by atoms with Gasteiger partial charge in [0, 0.05) is 43.4 Å². The Labute approximate surface area is 377 Å². The highest BCUT2D eigenvalue weighted by molar-refractivity contribution is 6.47. The average Bonchev–Trinajstić information content (AvgIpc) is 3.33. The molecular weight excluding hydrogens is 837 g/mol. The Morgan fingerprint density at radius 1 is 0.348 bits per heavy atom. The largest absolute Gasteiger partial charge is 0.497 e. The first-order valence-electron chi connectivity index (χ1n) is 21.0. The van der Waals surface area contributed by atoms with Gasteiger partial charge in [0.15, 0.2) is 0 Å². The number of aryl methyl sites for hydroxylation is 2. The molecule has 2 aliphatic heterocycles. The summed E-state index contributed by atoms with van der Waals surface area (Å²) in [7, 11) is 6.14. The molecule has 0 fully saturated rings. The molecular formula is C54H38N2O10. The summed E-state index contributed by atoms with van der Waals surface area (Å²) in [5.74, 6) is 1.22. The van der Waals surface area contributed by atoms with Gasteiger partial charge in [-0.25, -0.2) is 9.80 Å². The van der Waals surface area contributed by atoms with Gasteiger partial charge in [-0.1, -0.05) is 36.4 Å². The maximum absolute atomic E-state index is 15.1. The van der Waals surface area contributed by atoms with E-state index in [1.54, 1.807) is 111 Å². The number of para-hydroxylation sites is 2. The number of rotatable bonds is 10. The molecule has 0 aliphatic carbocycles. The van der Waals surface area contributed by atoms with E-state index in [9.17, 15) is 9.59 Å². The van der Waals surface area contributed by atoms with E-state index in [0.29, 0.717) is 112 Å². The highest BCUT2D eigenvalue weighted by Crippen LogP contribution is 2.54. The number of carbonyl (C=O) groups excluding carboxylic acids is 4. The fraction of sp³-hybridized carbons (Fsp3) is 0.111. The number of hydrogen-bond acceptors (Lipinski definition) is 10. The van der Waals surface area contributed by atoms with Crippen LogP contribution >= 0.6 is 0 Å². The molecule has 66 heavy (non-hydrogen) atoms. The van der Waals surface area contributed by atoms with Crippen molar-refractivity contribution >= 4 is 78.1 Å². The number of fused-ring (bicyclic) bond motifs is 2. The Morgan fingerprint density at radius 3 is 1.08 bits per heavy atom. The average molecular weight is 875 g/mol. The van der Waals surface area contributed by atoms with E-state index in [1.165, 1.54) is 14.2 Å². The summed E-state index contributed by atoms with van der Waals surface area (Å²) in [6.07, 6.45) is 0. The van der Waals surface area contributed by atoms with Crippen LogP contribution < -0.4 is 38.2 Å². The van der Waals surface area contributed by atoms with Gasteiger partial charge in [0.25, 0.3) is 23.6 Å². The molecule has 9 aromatic rings. The van der Waals surface area contributed by atoms with Crippen LogP contribution in [0.3, 0.4) is 0 Å². The zero-order chi connectivity index (χ0) is 45.7. The fourth-order valence-electron chi connectivity index (χ4n) is 9.67. The zero-order valence-corrected chi connectivity index (χ0v) is 36.5. The molecule has 4 amide bonds. The van der Waals surface area contributed by atoms with Crippen molar-refractivity contribution in [2.24, 2.45) is 0 Å². The number of methoxy groups -OCH3 is 4. The molecule has 11 rings (SSSR count).